The number of ketones is 1. The Balaban J connectivity index is 2.06. The van der Waals surface area contributed by atoms with Crippen molar-refractivity contribution >= 4 is 17.4 Å². The summed E-state index contributed by atoms with van der Waals surface area (Å²) in [6, 6.07) is 13.7. The summed E-state index contributed by atoms with van der Waals surface area (Å²) in [6.45, 7) is 1.26. The molecule has 1 atom stereocenters. The minimum atomic E-state index is -0.715. The molecule has 0 bridgehead atoms. The average Bonchev–Trinajstić information content (AvgIpc) is 2.93. The number of aliphatic hydroxyl groups excluding tert-OH is 1. The van der Waals surface area contributed by atoms with Crippen LogP contribution in [0.4, 0.5) is 4.39 Å². The smallest absolute Gasteiger partial charge is 0.295 e. The normalized spacial score (nSPS) is 18.9. The van der Waals surface area contributed by atoms with Gasteiger partial charge in [-0.1, -0.05) is 30.3 Å². The second-order valence-corrected chi connectivity index (χ2v) is 7.22. The van der Waals surface area contributed by atoms with Gasteiger partial charge in [0, 0.05) is 18.5 Å². The number of carbonyl (C=O) groups excluding carboxylic acids is 2. The molecule has 146 valence electrons. The SMILES string of the molecule is C[NH+](C)CCCN1C(=O)C(=O)C(=C(O)c2ccc(F)cc2)C1c1ccccc1. The van der Waals surface area contributed by atoms with Gasteiger partial charge in [0.05, 0.1) is 32.3 Å². The maximum Gasteiger partial charge on any atom is 0.295 e. The van der Waals surface area contributed by atoms with Crippen molar-refractivity contribution in [3.05, 3.63) is 77.1 Å². The lowest BCUT2D eigenvalue weighted by Gasteiger charge is -2.25. The largest absolute Gasteiger partial charge is 0.507 e. The maximum absolute atomic E-state index is 13.2. The molecule has 2 N–H and O–H groups in total. The summed E-state index contributed by atoms with van der Waals surface area (Å²) in [7, 11) is 4.05. The molecule has 0 aliphatic carbocycles. The minimum Gasteiger partial charge on any atom is -0.507 e. The molecule has 0 radical (unpaired) electrons. The Labute approximate surface area is 163 Å². The van der Waals surface area contributed by atoms with Gasteiger partial charge in [-0.25, -0.2) is 4.39 Å². The van der Waals surface area contributed by atoms with Crippen molar-refractivity contribution in [3.63, 3.8) is 0 Å². The number of hydrogen-bond donors (Lipinski definition) is 2. The van der Waals surface area contributed by atoms with E-state index in [0.717, 1.165) is 18.5 Å². The lowest BCUT2D eigenvalue weighted by atomic mass is 9.95. The molecule has 1 aliphatic heterocycles. The van der Waals surface area contributed by atoms with E-state index in [1.165, 1.54) is 34.1 Å². The molecule has 28 heavy (non-hydrogen) atoms. The summed E-state index contributed by atoms with van der Waals surface area (Å²) in [4.78, 5) is 28.3. The molecule has 2 aromatic carbocycles. The molecule has 0 aromatic heterocycles. The van der Waals surface area contributed by atoms with Crippen molar-refractivity contribution in [2.45, 2.75) is 12.5 Å². The highest BCUT2D eigenvalue weighted by atomic mass is 19.1. The second-order valence-electron chi connectivity index (χ2n) is 7.22. The molecule has 3 rings (SSSR count). The predicted octanol–water partition coefficient (Wildman–Crippen LogP) is 1.78. The molecule has 6 heteroatoms. The van der Waals surface area contributed by atoms with Gasteiger partial charge in [-0.15, -0.1) is 0 Å². The molecular formula is C22H24FN2O3+. The zero-order valence-electron chi connectivity index (χ0n) is 16.0. The number of carbonyl (C=O) groups is 2. The van der Waals surface area contributed by atoms with Crippen LogP contribution in [0.3, 0.4) is 0 Å². The van der Waals surface area contributed by atoms with Crippen LogP contribution >= 0.6 is 0 Å². The van der Waals surface area contributed by atoms with Crippen molar-refractivity contribution in [2.75, 3.05) is 27.2 Å². The highest BCUT2D eigenvalue weighted by Gasteiger charge is 2.45. The standard InChI is InChI=1S/C22H23FN2O3/c1-24(2)13-6-14-25-19(15-7-4-3-5-8-15)18(21(27)22(25)28)20(26)16-9-11-17(23)12-10-16/h3-5,7-12,19,26H,6,13-14H2,1-2H3/p+1. The number of nitrogens with one attached hydrogen (secondary N) is 1. The quantitative estimate of drug-likeness (QED) is 0.454. The third-order valence-electron chi connectivity index (χ3n) is 4.85. The number of likely N-dealkylation sites (tertiary alicyclic amines) is 1. The van der Waals surface area contributed by atoms with Gasteiger partial charge in [0.25, 0.3) is 11.7 Å². The van der Waals surface area contributed by atoms with Crippen molar-refractivity contribution in [3.8, 4) is 0 Å². The van der Waals surface area contributed by atoms with Gasteiger partial charge in [0.15, 0.2) is 0 Å². The number of aliphatic hydroxyl groups is 1. The molecule has 0 saturated carbocycles. The van der Waals surface area contributed by atoms with Gasteiger partial charge >= 0.3 is 0 Å². The minimum absolute atomic E-state index is 0.0417. The molecule has 1 aliphatic rings. The van der Waals surface area contributed by atoms with E-state index >= 15 is 0 Å². The fraction of sp³-hybridized carbons (Fsp3) is 0.273. The van der Waals surface area contributed by atoms with Crippen LogP contribution in [0.1, 0.15) is 23.6 Å². The first kappa shape index (κ1) is 19.8. The van der Waals surface area contributed by atoms with E-state index in [4.69, 9.17) is 0 Å². The van der Waals surface area contributed by atoms with Crippen LogP contribution in [0.2, 0.25) is 0 Å². The fourth-order valence-electron chi connectivity index (χ4n) is 3.46. The summed E-state index contributed by atoms with van der Waals surface area (Å²) >= 11 is 0. The molecule has 1 amide bonds. The first-order valence-electron chi connectivity index (χ1n) is 9.28. The van der Waals surface area contributed by atoms with Crippen molar-refractivity contribution < 1.29 is 24.0 Å². The lowest BCUT2D eigenvalue weighted by molar-refractivity contribution is -0.858. The van der Waals surface area contributed by atoms with Crippen LogP contribution in [0.25, 0.3) is 5.76 Å². The van der Waals surface area contributed by atoms with E-state index in [1.54, 1.807) is 0 Å². The van der Waals surface area contributed by atoms with E-state index in [-0.39, 0.29) is 11.3 Å². The first-order valence-corrected chi connectivity index (χ1v) is 9.28. The van der Waals surface area contributed by atoms with Gasteiger partial charge in [0.1, 0.15) is 11.6 Å². The molecule has 1 heterocycles. The lowest BCUT2D eigenvalue weighted by Crippen LogP contribution is -3.05. The monoisotopic (exact) mass is 383 g/mol. The summed E-state index contributed by atoms with van der Waals surface area (Å²) < 4.78 is 13.2. The first-order chi connectivity index (χ1) is 13.4. The highest BCUT2D eigenvalue weighted by Crippen LogP contribution is 2.39. The van der Waals surface area contributed by atoms with E-state index < -0.39 is 23.5 Å². The van der Waals surface area contributed by atoms with E-state index in [2.05, 4.69) is 0 Å². The number of halogens is 1. The summed E-state index contributed by atoms with van der Waals surface area (Å²) in [5, 5.41) is 10.8. The van der Waals surface area contributed by atoms with Gasteiger partial charge in [-0.2, -0.15) is 0 Å². The number of nitrogens with zero attached hydrogens (tertiary/aromatic N) is 1. The van der Waals surface area contributed by atoms with E-state index in [9.17, 15) is 19.1 Å². The number of Topliss-reactive ketones (excluding diaryl/α,β-unsaturated/α-hetero) is 1. The third kappa shape index (κ3) is 3.97. The number of rotatable bonds is 6. The number of benzene rings is 2. The van der Waals surface area contributed by atoms with Gasteiger partial charge in [-0.3, -0.25) is 9.59 Å². The molecule has 1 saturated heterocycles. The third-order valence-corrected chi connectivity index (χ3v) is 4.85. The fourth-order valence-corrected chi connectivity index (χ4v) is 3.46. The Morgan fingerprint density at radius 3 is 2.32 bits per heavy atom. The van der Waals surface area contributed by atoms with Gasteiger partial charge in [-0.05, 0) is 29.8 Å². The summed E-state index contributed by atoms with van der Waals surface area (Å²) in [5.74, 6) is -2.06. The number of amides is 1. The van der Waals surface area contributed by atoms with Crippen LogP contribution in [-0.4, -0.2) is 48.9 Å². The molecule has 2 aromatic rings. The van der Waals surface area contributed by atoms with Crippen molar-refractivity contribution in [1.82, 2.24) is 4.90 Å². The predicted molar refractivity (Wildman–Crippen MR) is 104 cm³/mol. The maximum atomic E-state index is 13.2. The highest BCUT2D eigenvalue weighted by molar-refractivity contribution is 6.46. The molecule has 1 unspecified atom stereocenters. The van der Waals surface area contributed by atoms with Crippen LogP contribution in [0, 0.1) is 5.82 Å². The molecule has 1 fully saturated rings. The number of quaternary nitrogens is 1. The Bertz CT molecular complexity index is 892. The summed E-state index contributed by atoms with van der Waals surface area (Å²) in [6.07, 6.45) is 0.731. The zero-order valence-corrected chi connectivity index (χ0v) is 16.0. The van der Waals surface area contributed by atoms with Crippen LogP contribution in [0.5, 0.6) is 0 Å². The van der Waals surface area contributed by atoms with Crippen LogP contribution in [0.15, 0.2) is 60.2 Å². The van der Waals surface area contributed by atoms with Gasteiger partial charge in [0.2, 0.25) is 0 Å². The Morgan fingerprint density at radius 2 is 1.71 bits per heavy atom. The van der Waals surface area contributed by atoms with Crippen molar-refractivity contribution in [1.29, 1.82) is 0 Å². The van der Waals surface area contributed by atoms with E-state index in [1.807, 2.05) is 44.4 Å². The Morgan fingerprint density at radius 1 is 1.07 bits per heavy atom. The molecular weight excluding hydrogens is 359 g/mol. The van der Waals surface area contributed by atoms with E-state index in [0.29, 0.717) is 12.1 Å². The summed E-state index contributed by atoms with van der Waals surface area (Å²) in [5.41, 5.74) is 1.10. The second kappa shape index (κ2) is 8.35. The molecule has 5 nitrogen and oxygen atoms in total. The Hall–Kier alpha value is -2.99. The van der Waals surface area contributed by atoms with Gasteiger partial charge < -0.3 is 14.9 Å². The zero-order chi connectivity index (χ0) is 20.3. The Kier molecular flexibility index (Phi) is 5.90. The van der Waals surface area contributed by atoms with Crippen LogP contribution < -0.4 is 4.90 Å². The topological polar surface area (TPSA) is 62.0 Å². The molecule has 0 spiro atoms. The van der Waals surface area contributed by atoms with Crippen LogP contribution in [-0.2, 0) is 9.59 Å². The van der Waals surface area contributed by atoms with Crippen molar-refractivity contribution in [2.24, 2.45) is 0 Å². The average molecular weight is 383 g/mol. The number of hydrogen-bond acceptors (Lipinski definition) is 3.